The van der Waals surface area contributed by atoms with E-state index in [-0.39, 0.29) is 6.04 Å². The first-order valence-electron chi connectivity index (χ1n) is 6.69. The molecule has 0 radical (unpaired) electrons. The smallest absolute Gasteiger partial charge is 0.103 e. The molecule has 0 amide bonds. The second-order valence-corrected chi connectivity index (χ2v) is 6.52. The van der Waals surface area contributed by atoms with Crippen LogP contribution in [-0.2, 0) is 6.42 Å². The van der Waals surface area contributed by atoms with Crippen LogP contribution < -0.4 is 5.32 Å². The number of nitriles is 1. The summed E-state index contributed by atoms with van der Waals surface area (Å²) in [6.07, 6.45) is 0.962. The topological polar surface area (TPSA) is 48.7 Å². The highest BCUT2D eigenvalue weighted by molar-refractivity contribution is 7.11. The standard InChI is InChI=1S/C16H19N3S/c1-10(7-14-6-5-12(3)20-14)19-16-8-11(2)18-13(4)15(16)9-17/h5-6,8,10H,7H2,1-4H3,(H,18,19). The largest absolute Gasteiger partial charge is 0.381 e. The van der Waals surface area contributed by atoms with E-state index in [9.17, 15) is 5.26 Å². The maximum atomic E-state index is 9.27. The van der Waals surface area contributed by atoms with Gasteiger partial charge in [-0.2, -0.15) is 5.26 Å². The molecule has 2 aromatic heterocycles. The highest BCUT2D eigenvalue weighted by Crippen LogP contribution is 2.22. The molecular weight excluding hydrogens is 266 g/mol. The molecule has 4 heteroatoms. The number of thiophene rings is 1. The van der Waals surface area contributed by atoms with Gasteiger partial charge in [-0.1, -0.05) is 0 Å². The molecule has 104 valence electrons. The van der Waals surface area contributed by atoms with Crippen molar-refractivity contribution in [1.82, 2.24) is 4.98 Å². The van der Waals surface area contributed by atoms with E-state index < -0.39 is 0 Å². The minimum Gasteiger partial charge on any atom is -0.381 e. The highest BCUT2D eigenvalue weighted by Gasteiger charge is 2.11. The molecule has 1 unspecified atom stereocenters. The zero-order chi connectivity index (χ0) is 14.7. The average molecular weight is 285 g/mol. The van der Waals surface area contributed by atoms with Crippen LogP contribution in [0.15, 0.2) is 18.2 Å². The van der Waals surface area contributed by atoms with Crippen LogP contribution in [-0.4, -0.2) is 11.0 Å². The van der Waals surface area contributed by atoms with Crippen LogP contribution in [0, 0.1) is 32.1 Å². The Balaban J connectivity index is 2.15. The molecule has 0 aliphatic rings. The van der Waals surface area contributed by atoms with Gasteiger partial charge in [0.05, 0.1) is 16.9 Å². The Morgan fingerprint density at radius 1 is 1.35 bits per heavy atom. The highest BCUT2D eigenvalue weighted by atomic mass is 32.1. The minimum absolute atomic E-state index is 0.279. The zero-order valence-electron chi connectivity index (χ0n) is 12.3. The fraction of sp³-hybridized carbons (Fsp3) is 0.375. The van der Waals surface area contributed by atoms with Gasteiger partial charge in [0.1, 0.15) is 6.07 Å². The Labute approximate surface area is 124 Å². The van der Waals surface area contributed by atoms with Crippen molar-refractivity contribution in [2.24, 2.45) is 0 Å². The second-order valence-electron chi connectivity index (χ2n) is 5.15. The van der Waals surface area contributed by atoms with Gasteiger partial charge in [-0.25, -0.2) is 0 Å². The zero-order valence-corrected chi connectivity index (χ0v) is 13.1. The van der Waals surface area contributed by atoms with Crippen molar-refractivity contribution >= 4 is 17.0 Å². The third-order valence-electron chi connectivity index (χ3n) is 3.15. The van der Waals surface area contributed by atoms with Gasteiger partial charge in [-0.15, -0.1) is 11.3 Å². The Bertz CT molecular complexity index is 652. The first-order valence-corrected chi connectivity index (χ1v) is 7.51. The van der Waals surface area contributed by atoms with Gasteiger partial charge < -0.3 is 5.32 Å². The number of aromatic nitrogens is 1. The Kier molecular flexibility index (Phi) is 4.41. The first-order chi connectivity index (χ1) is 9.49. The summed E-state index contributed by atoms with van der Waals surface area (Å²) < 4.78 is 0. The molecule has 0 saturated carbocycles. The number of hydrogen-bond donors (Lipinski definition) is 1. The van der Waals surface area contributed by atoms with Crippen molar-refractivity contribution in [3.05, 3.63) is 44.9 Å². The normalized spacial score (nSPS) is 11.9. The van der Waals surface area contributed by atoms with Crippen molar-refractivity contribution in [3.63, 3.8) is 0 Å². The van der Waals surface area contributed by atoms with Gasteiger partial charge in [-0.3, -0.25) is 4.98 Å². The van der Waals surface area contributed by atoms with Crippen LogP contribution in [0.2, 0.25) is 0 Å². The number of nitrogens with zero attached hydrogens (tertiary/aromatic N) is 2. The molecular formula is C16H19N3S. The molecule has 3 nitrogen and oxygen atoms in total. The van der Waals surface area contributed by atoms with Crippen LogP contribution in [0.4, 0.5) is 5.69 Å². The van der Waals surface area contributed by atoms with Crippen molar-refractivity contribution in [2.45, 2.75) is 40.2 Å². The predicted molar refractivity (Wildman–Crippen MR) is 84.3 cm³/mol. The van der Waals surface area contributed by atoms with Crippen LogP contribution in [0.25, 0.3) is 0 Å². The summed E-state index contributed by atoms with van der Waals surface area (Å²) in [4.78, 5) is 7.04. The Morgan fingerprint density at radius 3 is 2.70 bits per heavy atom. The molecule has 2 heterocycles. The Hall–Kier alpha value is -1.86. The number of anilines is 1. The van der Waals surface area contributed by atoms with E-state index in [1.807, 2.05) is 31.3 Å². The quantitative estimate of drug-likeness (QED) is 0.924. The number of rotatable bonds is 4. The molecule has 0 aliphatic heterocycles. The lowest BCUT2D eigenvalue weighted by Gasteiger charge is -2.17. The molecule has 1 N–H and O–H groups in total. The summed E-state index contributed by atoms with van der Waals surface area (Å²) in [5, 5.41) is 12.7. The van der Waals surface area contributed by atoms with Crippen LogP contribution in [0.3, 0.4) is 0 Å². The van der Waals surface area contributed by atoms with Crippen LogP contribution >= 0.6 is 11.3 Å². The number of pyridine rings is 1. The minimum atomic E-state index is 0.279. The van der Waals surface area contributed by atoms with Gasteiger partial charge >= 0.3 is 0 Å². The van der Waals surface area contributed by atoms with Crippen molar-refractivity contribution in [3.8, 4) is 6.07 Å². The van der Waals surface area contributed by atoms with Crippen LogP contribution in [0.1, 0.15) is 33.6 Å². The van der Waals surface area contributed by atoms with Crippen molar-refractivity contribution in [2.75, 3.05) is 5.32 Å². The molecule has 0 aliphatic carbocycles. The summed E-state index contributed by atoms with van der Waals surface area (Å²) >= 11 is 1.83. The van der Waals surface area contributed by atoms with Crippen LogP contribution in [0.5, 0.6) is 0 Å². The predicted octanol–water partition coefficient (Wildman–Crippen LogP) is 3.98. The molecule has 2 aromatic rings. The fourth-order valence-corrected chi connectivity index (χ4v) is 3.32. The Morgan fingerprint density at radius 2 is 2.10 bits per heavy atom. The summed E-state index contributed by atoms with van der Waals surface area (Å²) in [5.41, 5.74) is 3.25. The molecule has 0 aromatic carbocycles. The SMILES string of the molecule is Cc1cc(NC(C)Cc2ccc(C)s2)c(C#N)c(C)n1. The fourth-order valence-electron chi connectivity index (χ4n) is 2.30. The molecule has 0 saturated heterocycles. The van der Waals surface area contributed by atoms with E-state index in [0.29, 0.717) is 5.56 Å². The summed E-state index contributed by atoms with van der Waals surface area (Å²) in [5.74, 6) is 0. The van der Waals surface area contributed by atoms with E-state index in [4.69, 9.17) is 0 Å². The van der Waals surface area contributed by atoms with Gasteiger partial charge in [0.15, 0.2) is 0 Å². The van der Waals surface area contributed by atoms with Gasteiger partial charge in [0.25, 0.3) is 0 Å². The maximum Gasteiger partial charge on any atom is 0.103 e. The number of aryl methyl sites for hydroxylation is 3. The van der Waals surface area contributed by atoms with Gasteiger partial charge in [0.2, 0.25) is 0 Å². The first kappa shape index (κ1) is 14.5. The lowest BCUT2D eigenvalue weighted by molar-refractivity contribution is 0.799. The van der Waals surface area contributed by atoms with Crippen molar-refractivity contribution in [1.29, 1.82) is 5.26 Å². The summed E-state index contributed by atoms with van der Waals surface area (Å²) in [6.45, 7) is 8.09. The van der Waals surface area contributed by atoms with Gasteiger partial charge in [0, 0.05) is 27.9 Å². The third kappa shape index (κ3) is 3.37. The number of hydrogen-bond acceptors (Lipinski definition) is 4. The van der Waals surface area contributed by atoms with E-state index in [1.54, 1.807) is 0 Å². The molecule has 0 spiro atoms. The maximum absolute atomic E-state index is 9.27. The van der Waals surface area contributed by atoms with E-state index >= 15 is 0 Å². The summed E-state index contributed by atoms with van der Waals surface area (Å²) in [6, 6.07) is 8.79. The third-order valence-corrected chi connectivity index (χ3v) is 4.17. The lowest BCUT2D eigenvalue weighted by atomic mass is 10.1. The second kappa shape index (κ2) is 6.06. The molecule has 20 heavy (non-hydrogen) atoms. The lowest BCUT2D eigenvalue weighted by Crippen LogP contribution is -2.19. The molecule has 0 bridgehead atoms. The van der Waals surface area contributed by atoms with E-state index in [1.165, 1.54) is 9.75 Å². The molecule has 0 fully saturated rings. The monoisotopic (exact) mass is 285 g/mol. The van der Waals surface area contributed by atoms with Gasteiger partial charge in [-0.05, 0) is 45.9 Å². The molecule has 2 rings (SSSR count). The summed E-state index contributed by atoms with van der Waals surface area (Å²) in [7, 11) is 0. The molecule has 1 atom stereocenters. The average Bonchev–Trinajstić information content (AvgIpc) is 2.74. The van der Waals surface area contributed by atoms with E-state index in [0.717, 1.165) is 23.5 Å². The van der Waals surface area contributed by atoms with Crippen molar-refractivity contribution < 1.29 is 0 Å². The van der Waals surface area contributed by atoms with E-state index in [2.05, 4.69) is 42.4 Å². The number of nitrogens with one attached hydrogen (secondary N) is 1.